The molecule has 0 saturated heterocycles. The van der Waals surface area contributed by atoms with Gasteiger partial charge in [-0.05, 0) is 12.5 Å². The number of pyridine rings is 1. The van der Waals surface area contributed by atoms with Crippen LogP contribution >= 0.6 is 0 Å². The summed E-state index contributed by atoms with van der Waals surface area (Å²) in [5.41, 5.74) is 0.509. The number of nitrogens with zero attached hydrogens (tertiary/aromatic N) is 1. The van der Waals surface area contributed by atoms with Crippen LogP contribution in [0.4, 0.5) is 0 Å². The average Bonchev–Trinajstić information content (AvgIpc) is 2.37. The lowest BCUT2D eigenvalue weighted by molar-refractivity contribution is -0.167. The molecule has 0 aliphatic rings. The average molecular weight is 251 g/mol. The molecule has 98 valence electrons. The molecule has 0 bridgehead atoms. The second-order valence-corrected chi connectivity index (χ2v) is 3.80. The first kappa shape index (κ1) is 14.2. The number of esters is 2. The highest BCUT2D eigenvalue weighted by Gasteiger charge is 2.25. The molecule has 1 unspecified atom stereocenters. The summed E-state index contributed by atoms with van der Waals surface area (Å²) in [5.74, 6) is -1.09. The SMILES string of the molecule is CCCCOC(=O)C(OC(C)=O)c1cccnc1. The van der Waals surface area contributed by atoms with Crippen molar-refractivity contribution in [1.82, 2.24) is 4.98 Å². The highest BCUT2D eigenvalue weighted by molar-refractivity contribution is 5.79. The molecule has 1 atom stereocenters. The summed E-state index contributed by atoms with van der Waals surface area (Å²) in [6.45, 7) is 3.58. The van der Waals surface area contributed by atoms with Crippen molar-refractivity contribution in [2.24, 2.45) is 0 Å². The van der Waals surface area contributed by atoms with Gasteiger partial charge >= 0.3 is 11.9 Å². The van der Waals surface area contributed by atoms with Gasteiger partial charge in [-0.3, -0.25) is 9.78 Å². The van der Waals surface area contributed by atoms with Crippen molar-refractivity contribution < 1.29 is 19.1 Å². The van der Waals surface area contributed by atoms with Crippen molar-refractivity contribution in [1.29, 1.82) is 0 Å². The lowest BCUT2D eigenvalue weighted by atomic mass is 10.1. The number of rotatable bonds is 6. The Labute approximate surface area is 106 Å². The zero-order valence-corrected chi connectivity index (χ0v) is 10.6. The van der Waals surface area contributed by atoms with E-state index in [4.69, 9.17) is 9.47 Å². The lowest BCUT2D eigenvalue weighted by Gasteiger charge is -2.15. The first-order chi connectivity index (χ1) is 8.65. The molecule has 0 spiro atoms. The molecule has 0 aliphatic heterocycles. The molecule has 0 aromatic carbocycles. The quantitative estimate of drug-likeness (QED) is 0.571. The van der Waals surface area contributed by atoms with Gasteiger partial charge in [-0.25, -0.2) is 4.79 Å². The highest BCUT2D eigenvalue weighted by Crippen LogP contribution is 2.18. The van der Waals surface area contributed by atoms with Gasteiger partial charge in [0.2, 0.25) is 6.10 Å². The minimum Gasteiger partial charge on any atom is -0.463 e. The standard InChI is InChI=1S/C13H17NO4/c1-3-4-8-17-13(16)12(18-10(2)15)11-6-5-7-14-9-11/h5-7,9,12H,3-4,8H2,1-2H3. The normalized spacial score (nSPS) is 11.7. The third kappa shape index (κ3) is 4.53. The maximum absolute atomic E-state index is 11.8. The van der Waals surface area contributed by atoms with E-state index in [1.165, 1.54) is 13.1 Å². The summed E-state index contributed by atoms with van der Waals surface area (Å²) < 4.78 is 10.0. The Balaban J connectivity index is 2.72. The third-order valence-corrected chi connectivity index (χ3v) is 2.23. The first-order valence-electron chi connectivity index (χ1n) is 5.89. The van der Waals surface area contributed by atoms with Crippen LogP contribution in [0.25, 0.3) is 0 Å². The lowest BCUT2D eigenvalue weighted by Crippen LogP contribution is -2.21. The Morgan fingerprint density at radius 3 is 2.78 bits per heavy atom. The first-order valence-corrected chi connectivity index (χ1v) is 5.89. The predicted molar refractivity (Wildman–Crippen MR) is 64.6 cm³/mol. The molecular weight excluding hydrogens is 234 g/mol. The van der Waals surface area contributed by atoms with E-state index in [0.717, 1.165) is 12.8 Å². The fraction of sp³-hybridized carbons (Fsp3) is 0.462. The van der Waals surface area contributed by atoms with Gasteiger partial charge in [0.15, 0.2) is 0 Å². The number of carbonyl (C=O) groups excluding carboxylic acids is 2. The number of carbonyl (C=O) groups is 2. The van der Waals surface area contributed by atoms with Gasteiger partial charge < -0.3 is 9.47 Å². The summed E-state index contributed by atoms with van der Waals surface area (Å²) >= 11 is 0. The van der Waals surface area contributed by atoms with E-state index >= 15 is 0 Å². The van der Waals surface area contributed by atoms with Crippen LogP contribution < -0.4 is 0 Å². The topological polar surface area (TPSA) is 65.5 Å². The van der Waals surface area contributed by atoms with Gasteiger partial charge in [-0.1, -0.05) is 19.4 Å². The van der Waals surface area contributed by atoms with Gasteiger partial charge in [0, 0.05) is 24.9 Å². The van der Waals surface area contributed by atoms with Crippen LogP contribution in [0, 0.1) is 0 Å². The Bertz CT molecular complexity index is 391. The maximum atomic E-state index is 11.8. The maximum Gasteiger partial charge on any atom is 0.352 e. The van der Waals surface area contributed by atoms with Crippen molar-refractivity contribution in [2.75, 3.05) is 6.61 Å². The molecule has 0 fully saturated rings. The molecular formula is C13H17NO4. The fourth-order valence-corrected chi connectivity index (χ4v) is 1.34. The summed E-state index contributed by atoms with van der Waals surface area (Å²) in [6.07, 6.45) is 3.74. The minimum absolute atomic E-state index is 0.327. The Kier molecular flexibility index (Phi) is 5.84. The second-order valence-electron chi connectivity index (χ2n) is 3.80. The summed E-state index contributed by atoms with van der Waals surface area (Å²) in [7, 11) is 0. The Morgan fingerprint density at radius 1 is 1.44 bits per heavy atom. The molecule has 1 aromatic heterocycles. The van der Waals surface area contributed by atoms with Crippen LogP contribution in [-0.2, 0) is 19.1 Å². The van der Waals surface area contributed by atoms with Crippen LogP contribution in [-0.4, -0.2) is 23.5 Å². The number of ether oxygens (including phenoxy) is 2. The summed E-state index contributed by atoms with van der Waals surface area (Å²) in [6, 6.07) is 3.34. The Morgan fingerprint density at radius 2 is 2.22 bits per heavy atom. The fourth-order valence-electron chi connectivity index (χ4n) is 1.34. The summed E-state index contributed by atoms with van der Waals surface area (Å²) in [5, 5.41) is 0. The van der Waals surface area contributed by atoms with Gasteiger partial charge in [-0.15, -0.1) is 0 Å². The van der Waals surface area contributed by atoms with Crippen LogP contribution in [0.5, 0.6) is 0 Å². The molecule has 0 radical (unpaired) electrons. The zero-order chi connectivity index (χ0) is 13.4. The molecule has 0 N–H and O–H groups in total. The number of hydrogen-bond donors (Lipinski definition) is 0. The summed E-state index contributed by atoms with van der Waals surface area (Å²) in [4.78, 5) is 26.7. The van der Waals surface area contributed by atoms with Gasteiger partial charge in [0.25, 0.3) is 0 Å². The van der Waals surface area contributed by atoms with E-state index in [1.54, 1.807) is 18.3 Å². The molecule has 5 heteroatoms. The molecule has 1 heterocycles. The van der Waals surface area contributed by atoms with Crippen LogP contribution in [0.15, 0.2) is 24.5 Å². The monoisotopic (exact) mass is 251 g/mol. The van der Waals surface area contributed by atoms with Crippen molar-refractivity contribution in [2.45, 2.75) is 32.8 Å². The van der Waals surface area contributed by atoms with E-state index in [0.29, 0.717) is 12.2 Å². The van der Waals surface area contributed by atoms with Crippen LogP contribution in [0.1, 0.15) is 38.4 Å². The zero-order valence-electron chi connectivity index (χ0n) is 10.6. The van der Waals surface area contributed by atoms with Crippen molar-refractivity contribution in [3.05, 3.63) is 30.1 Å². The molecule has 1 rings (SSSR count). The largest absolute Gasteiger partial charge is 0.463 e. The smallest absolute Gasteiger partial charge is 0.352 e. The molecule has 0 amide bonds. The second kappa shape index (κ2) is 7.42. The molecule has 0 aliphatic carbocycles. The van der Waals surface area contributed by atoms with E-state index in [9.17, 15) is 9.59 Å². The van der Waals surface area contributed by atoms with Gasteiger partial charge in [-0.2, -0.15) is 0 Å². The van der Waals surface area contributed by atoms with E-state index in [2.05, 4.69) is 4.98 Å². The third-order valence-electron chi connectivity index (χ3n) is 2.23. The predicted octanol–water partition coefficient (Wildman–Crippen LogP) is 2.03. The van der Waals surface area contributed by atoms with Crippen LogP contribution in [0.2, 0.25) is 0 Å². The highest BCUT2D eigenvalue weighted by atomic mass is 16.6. The minimum atomic E-state index is -1.03. The number of aromatic nitrogens is 1. The van der Waals surface area contributed by atoms with Gasteiger partial charge in [0.05, 0.1) is 6.61 Å². The van der Waals surface area contributed by atoms with Crippen LogP contribution in [0.3, 0.4) is 0 Å². The van der Waals surface area contributed by atoms with Crippen molar-refractivity contribution in [3.8, 4) is 0 Å². The number of hydrogen-bond acceptors (Lipinski definition) is 5. The van der Waals surface area contributed by atoms with E-state index in [-0.39, 0.29) is 0 Å². The van der Waals surface area contributed by atoms with E-state index < -0.39 is 18.0 Å². The molecule has 1 aromatic rings. The van der Waals surface area contributed by atoms with E-state index in [1.807, 2.05) is 6.92 Å². The van der Waals surface area contributed by atoms with Crippen molar-refractivity contribution >= 4 is 11.9 Å². The molecule has 18 heavy (non-hydrogen) atoms. The Hall–Kier alpha value is -1.91. The van der Waals surface area contributed by atoms with Crippen molar-refractivity contribution in [3.63, 3.8) is 0 Å². The molecule has 0 saturated carbocycles. The van der Waals surface area contributed by atoms with Gasteiger partial charge in [0.1, 0.15) is 0 Å². The molecule has 5 nitrogen and oxygen atoms in total. The number of unbranched alkanes of at least 4 members (excludes halogenated alkanes) is 1.